The molecule has 0 heterocycles. The normalized spacial score (nSPS) is 15.6. The van der Waals surface area contributed by atoms with Crippen molar-refractivity contribution < 1.29 is 32.9 Å². The highest BCUT2D eigenvalue weighted by atomic mass is 19.4. The minimum atomic E-state index is -4.29. The maximum Gasteiger partial charge on any atom is 0.389 e. The minimum absolute atomic E-state index is 0.00528. The third-order valence-electron chi connectivity index (χ3n) is 2.29. The number of carbonyl (C=O) groups is 1. The average molecular weight is 258 g/mol. The van der Waals surface area contributed by atoms with Gasteiger partial charge in [-0.05, 0) is 26.2 Å². The number of rotatable bonds is 8. The Labute approximate surface area is 97.4 Å². The Morgan fingerprint density at radius 2 is 1.82 bits per heavy atom. The molecule has 7 heteroatoms. The number of aliphatic carboxylic acids is 1. The highest BCUT2D eigenvalue weighted by Crippen LogP contribution is 2.26. The van der Waals surface area contributed by atoms with E-state index in [4.69, 9.17) is 14.9 Å². The average Bonchev–Trinajstić information content (AvgIpc) is 2.15. The topological polar surface area (TPSA) is 66.8 Å². The molecule has 0 saturated carbocycles. The zero-order valence-corrected chi connectivity index (χ0v) is 9.59. The minimum Gasteiger partial charge on any atom is -0.479 e. The molecule has 0 fully saturated rings. The first-order valence-electron chi connectivity index (χ1n) is 5.26. The quantitative estimate of drug-likeness (QED) is 0.653. The predicted molar refractivity (Wildman–Crippen MR) is 53.6 cm³/mol. The number of aliphatic hydroxyl groups is 1. The maximum absolute atomic E-state index is 11.9. The van der Waals surface area contributed by atoms with Gasteiger partial charge in [0.15, 0.2) is 5.60 Å². The fourth-order valence-electron chi connectivity index (χ4n) is 1.23. The van der Waals surface area contributed by atoms with Crippen LogP contribution < -0.4 is 0 Å². The van der Waals surface area contributed by atoms with E-state index in [1.807, 2.05) is 0 Å². The lowest BCUT2D eigenvalue weighted by Crippen LogP contribution is -2.39. The summed E-state index contributed by atoms with van der Waals surface area (Å²) in [5.41, 5.74) is -1.62. The number of carboxylic acid groups (broad SMARTS) is 1. The highest BCUT2D eigenvalue weighted by molar-refractivity contribution is 5.76. The van der Waals surface area contributed by atoms with Crippen LogP contribution in [0.2, 0.25) is 0 Å². The van der Waals surface area contributed by atoms with Crippen molar-refractivity contribution in [3.05, 3.63) is 0 Å². The van der Waals surface area contributed by atoms with E-state index in [9.17, 15) is 18.0 Å². The number of hydrogen-bond acceptors (Lipinski definition) is 3. The zero-order chi connectivity index (χ0) is 13.5. The maximum atomic E-state index is 11.9. The van der Waals surface area contributed by atoms with Crippen LogP contribution in [0, 0.1) is 0 Å². The van der Waals surface area contributed by atoms with E-state index in [1.54, 1.807) is 0 Å². The van der Waals surface area contributed by atoms with E-state index in [0.29, 0.717) is 0 Å². The largest absolute Gasteiger partial charge is 0.479 e. The van der Waals surface area contributed by atoms with Crippen molar-refractivity contribution in [3.8, 4) is 0 Å². The van der Waals surface area contributed by atoms with Gasteiger partial charge in [0, 0.05) is 13.0 Å². The second-order valence-corrected chi connectivity index (χ2v) is 3.93. The molecule has 102 valence electrons. The van der Waals surface area contributed by atoms with Crippen molar-refractivity contribution in [3.63, 3.8) is 0 Å². The van der Waals surface area contributed by atoms with Crippen LogP contribution in [0.15, 0.2) is 0 Å². The van der Waals surface area contributed by atoms with E-state index in [2.05, 4.69) is 0 Å². The smallest absolute Gasteiger partial charge is 0.389 e. The van der Waals surface area contributed by atoms with Crippen LogP contribution in [0.4, 0.5) is 13.2 Å². The molecule has 0 aliphatic heterocycles. The molecule has 0 amide bonds. The fraction of sp³-hybridized carbons (Fsp3) is 0.900. The van der Waals surface area contributed by atoms with Crippen LogP contribution >= 0.6 is 0 Å². The number of ether oxygens (including phenoxy) is 1. The standard InChI is InChI=1S/C10H17F3O4/c1-9(8(15)16,17-7-3-6-14)4-2-5-10(11,12)13/h14H,2-7H2,1H3,(H,15,16). The molecule has 0 saturated heterocycles. The van der Waals surface area contributed by atoms with Crippen molar-refractivity contribution in [2.24, 2.45) is 0 Å². The van der Waals surface area contributed by atoms with Gasteiger partial charge in [0.1, 0.15) is 0 Å². The van der Waals surface area contributed by atoms with Gasteiger partial charge in [-0.1, -0.05) is 0 Å². The van der Waals surface area contributed by atoms with Gasteiger partial charge in [0.2, 0.25) is 0 Å². The van der Waals surface area contributed by atoms with E-state index in [1.165, 1.54) is 6.92 Å². The monoisotopic (exact) mass is 258 g/mol. The Morgan fingerprint density at radius 1 is 1.24 bits per heavy atom. The molecule has 4 nitrogen and oxygen atoms in total. The van der Waals surface area contributed by atoms with Crippen LogP contribution in [0.3, 0.4) is 0 Å². The van der Waals surface area contributed by atoms with Crippen LogP contribution in [-0.4, -0.2) is 41.2 Å². The van der Waals surface area contributed by atoms with Crippen molar-refractivity contribution in [2.45, 2.75) is 44.4 Å². The summed E-state index contributed by atoms with van der Waals surface area (Å²) >= 11 is 0. The summed E-state index contributed by atoms with van der Waals surface area (Å²) in [6.45, 7) is 1.09. The highest BCUT2D eigenvalue weighted by Gasteiger charge is 2.35. The lowest BCUT2D eigenvalue weighted by Gasteiger charge is -2.25. The number of halogens is 3. The summed E-state index contributed by atoms with van der Waals surface area (Å²) in [4.78, 5) is 10.9. The second kappa shape index (κ2) is 6.80. The Morgan fingerprint density at radius 3 is 2.24 bits per heavy atom. The summed E-state index contributed by atoms with van der Waals surface area (Å²) in [7, 11) is 0. The van der Waals surface area contributed by atoms with Gasteiger partial charge in [0.25, 0.3) is 0 Å². The Hall–Kier alpha value is -0.820. The first kappa shape index (κ1) is 16.2. The number of aliphatic hydroxyl groups excluding tert-OH is 1. The van der Waals surface area contributed by atoms with Gasteiger partial charge in [0.05, 0.1) is 6.61 Å². The Balaban J connectivity index is 4.17. The number of hydrogen-bond donors (Lipinski definition) is 2. The van der Waals surface area contributed by atoms with E-state index in [0.717, 1.165) is 0 Å². The molecule has 0 bridgehead atoms. The Kier molecular flexibility index (Phi) is 6.48. The molecule has 0 aromatic carbocycles. The predicted octanol–water partition coefficient (Wildman–Crippen LogP) is 1.96. The van der Waals surface area contributed by atoms with Gasteiger partial charge in [-0.15, -0.1) is 0 Å². The Bertz CT molecular complexity index is 242. The summed E-state index contributed by atoms with van der Waals surface area (Å²) < 4.78 is 40.8. The molecule has 0 aliphatic rings. The van der Waals surface area contributed by atoms with Crippen LogP contribution in [0.25, 0.3) is 0 Å². The molecule has 0 aromatic rings. The van der Waals surface area contributed by atoms with Gasteiger partial charge >= 0.3 is 12.1 Å². The molecule has 0 spiro atoms. The first-order chi connectivity index (χ1) is 7.71. The van der Waals surface area contributed by atoms with Gasteiger partial charge < -0.3 is 14.9 Å². The van der Waals surface area contributed by atoms with Crippen molar-refractivity contribution in [1.82, 2.24) is 0 Å². The summed E-state index contributed by atoms with van der Waals surface area (Å²) in [5, 5.41) is 17.4. The fourth-order valence-corrected chi connectivity index (χ4v) is 1.23. The summed E-state index contributed by atoms with van der Waals surface area (Å²) in [5.74, 6) is -1.29. The first-order valence-corrected chi connectivity index (χ1v) is 5.26. The summed E-state index contributed by atoms with van der Waals surface area (Å²) in [6.07, 6.45) is -5.58. The molecule has 0 radical (unpaired) electrons. The van der Waals surface area contributed by atoms with Crippen LogP contribution in [-0.2, 0) is 9.53 Å². The molecule has 0 aliphatic carbocycles. The number of alkyl halides is 3. The molecule has 1 unspecified atom stereocenters. The lowest BCUT2D eigenvalue weighted by molar-refractivity contribution is -0.168. The van der Waals surface area contributed by atoms with Crippen LogP contribution in [0.1, 0.15) is 32.6 Å². The third kappa shape index (κ3) is 7.17. The molecule has 0 rings (SSSR count). The molecular formula is C10H17F3O4. The molecule has 17 heavy (non-hydrogen) atoms. The van der Waals surface area contributed by atoms with E-state index < -0.39 is 24.2 Å². The van der Waals surface area contributed by atoms with E-state index in [-0.39, 0.29) is 32.5 Å². The van der Waals surface area contributed by atoms with Gasteiger partial charge in [-0.2, -0.15) is 13.2 Å². The van der Waals surface area contributed by atoms with Crippen LogP contribution in [0.5, 0.6) is 0 Å². The van der Waals surface area contributed by atoms with Gasteiger partial charge in [-0.25, -0.2) is 4.79 Å². The van der Waals surface area contributed by atoms with Crippen molar-refractivity contribution >= 4 is 5.97 Å². The molecule has 1 atom stereocenters. The molecule has 2 N–H and O–H groups in total. The van der Waals surface area contributed by atoms with Crippen molar-refractivity contribution in [2.75, 3.05) is 13.2 Å². The zero-order valence-electron chi connectivity index (χ0n) is 9.59. The second-order valence-electron chi connectivity index (χ2n) is 3.93. The third-order valence-corrected chi connectivity index (χ3v) is 2.29. The van der Waals surface area contributed by atoms with E-state index >= 15 is 0 Å². The van der Waals surface area contributed by atoms with Crippen molar-refractivity contribution in [1.29, 1.82) is 0 Å². The molecular weight excluding hydrogens is 241 g/mol. The number of carboxylic acids is 1. The SMILES string of the molecule is CC(CCCC(F)(F)F)(OCCCO)C(=O)O. The van der Waals surface area contributed by atoms with Gasteiger partial charge in [-0.3, -0.25) is 0 Å². The lowest BCUT2D eigenvalue weighted by atomic mass is 9.98. The summed E-state index contributed by atoms with van der Waals surface area (Å²) in [6, 6.07) is 0. The molecule has 0 aromatic heterocycles.